The maximum atomic E-state index is 13.0. The molecule has 0 saturated heterocycles. The molecule has 0 aliphatic rings. The number of fused-ring (bicyclic) bond motifs is 1. The van der Waals surface area contributed by atoms with Gasteiger partial charge in [-0.15, -0.1) is 11.3 Å². The molecular weight excluding hydrogens is 271 g/mol. The Bertz CT molecular complexity index is 706. The molecule has 2 nitrogen and oxygen atoms in total. The van der Waals surface area contributed by atoms with E-state index in [4.69, 9.17) is 5.84 Å². The Kier molecular flexibility index (Phi) is 3.78. The molecule has 0 saturated carbocycles. The van der Waals surface area contributed by atoms with Crippen LogP contribution in [-0.4, -0.2) is 0 Å². The Morgan fingerprint density at radius 3 is 2.65 bits per heavy atom. The number of hydrogen-bond donors (Lipinski definition) is 2. The van der Waals surface area contributed by atoms with Gasteiger partial charge in [0.1, 0.15) is 5.82 Å². The van der Waals surface area contributed by atoms with Crippen LogP contribution >= 0.6 is 11.3 Å². The highest BCUT2D eigenvalue weighted by molar-refractivity contribution is 7.17. The highest BCUT2D eigenvalue weighted by Gasteiger charge is 2.14. The van der Waals surface area contributed by atoms with Crippen LogP contribution < -0.4 is 11.3 Å². The lowest BCUT2D eigenvalue weighted by Gasteiger charge is -2.17. The molecule has 2 aromatic carbocycles. The molecule has 0 aliphatic carbocycles. The van der Waals surface area contributed by atoms with Crippen LogP contribution in [0.15, 0.2) is 53.9 Å². The second-order valence-corrected chi connectivity index (χ2v) is 5.65. The lowest BCUT2D eigenvalue weighted by atomic mass is 9.98. The van der Waals surface area contributed by atoms with Crippen molar-refractivity contribution in [2.75, 3.05) is 0 Å². The summed E-state index contributed by atoms with van der Waals surface area (Å²) < 4.78 is 14.2. The van der Waals surface area contributed by atoms with E-state index in [1.54, 1.807) is 23.5 Å². The van der Waals surface area contributed by atoms with Crippen molar-refractivity contribution in [1.29, 1.82) is 0 Å². The first-order valence-electron chi connectivity index (χ1n) is 6.44. The fourth-order valence-corrected chi connectivity index (χ4v) is 3.37. The van der Waals surface area contributed by atoms with Crippen molar-refractivity contribution in [1.82, 2.24) is 5.43 Å². The lowest BCUT2D eigenvalue weighted by Crippen LogP contribution is -2.29. The summed E-state index contributed by atoms with van der Waals surface area (Å²) in [5.41, 5.74) is 5.12. The average molecular weight is 286 g/mol. The Labute approximate surface area is 121 Å². The van der Waals surface area contributed by atoms with Crippen molar-refractivity contribution >= 4 is 21.4 Å². The highest BCUT2D eigenvalue weighted by atomic mass is 32.1. The van der Waals surface area contributed by atoms with Gasteiger partial charge >= 0.3 is 0 Å². The first-order valence-corrected chi connectivity index (χ1v) is 7.32. The van der Waals surface area contributed by atoms with Crippen LogP contribution in [-0.2, 0) is 6.42 Å². The molecule has 1 heterocycles. The SMILES string of the molecule is NNC(Cc1ccc(F)cc1)c1cccc2ccsc12. The van der Waals surface area contributed by atoms with Crippen molar-refractivity contribution < 1.29 is 4.39 Å². The summed E-state index contributed by atoms with van der Waals surface area (Å²) >= 11 is 1.72. The number of hydrazine groups is 1. The van der Waals surface area contributed by atoms with Gasteiger partial charge in [0.2, 0.25) is 0 Å². The molecule has 1 aromatic heterocycles. The van der Waals surface area contributed by atoms with E-state index in [0.717, 1.165) is 12.0 Å². The molecule has 0 radical (unpaired) electrons. The average Bonchev–Trinajstić information content (AvgIpc) is 2.95. The second kappa shape index (κ2) is 5.71. The zero-order chi connectivity index (χ0) is 13.9. The first-order chi connectivity index (χ1) is 9.78. The monoisotopic (exact) mass is 286 g/mol. The van der Waals surface area contributed by atoms with Gasteiger partial charge in [0, 0.05) is 4.70 Å². The fourth-order valence-electron chi connectivity index (χ4n) is 2.41. The van der Waals surface area contributed by atoms with Crippen molar-refractivity contribution in [3.8, 4) is 0 Å². The van der Waals surface area contributed by atoms with E-state index in [9.17, 15) is 4.39 Å². The topological polar surface area (TPSA) is 38.0 Å². The number of nitrogens with two attached hydrogens (primary N) is 1. The number of hydrogen-bond acceptors (Lipinski definition) is 3. The van der Waals surface area contributed by atoms with Gasteiger partial charge < -0.3 is 0 Å². The van der Waals surface area contributed by atoms with Crippen molar-refractivity contribution in [3.63, 3.8) is 0 Å². The molecule has 3 rings (SSSR count). The smallest absolute Gasteiger partial charge is 0.123 e. The van der Waals surface area contributed by atoms with E-state index in [0.29, 0.717) is 0 Å². The van der Waals surface area contributed by atoms with Gasteiger partial charge in [0.05, 0.1) is 6.04 Å². The lowest BCUT2D eigenvalue weighted by molar-refractivity contribution is 0.555. The molecular formula is C16H15FN2S. The Morgan fingerprint density at radius 1 is 1.10 bits per heavy atom. The molecule has 1 unspecified atom stereocenters. The first kappa shape index (κ1) is 13.2. The minimum absolute atomic E-state index is 0.0165. The van der Waals surface area contributed by atoms with Gasteiger partial charge in [-0.3, -0.25) is 11.3 Å². The van der Waals surface area contributed by atoms with Crippen LogP contribution in [0.5, 0.6) is 0 Å². The van der Waals surface area contributed by atoms with E-state index in [-0.39, 0.29) is 11.9 Å². The zero-order valence-electron chi connectivity index (χ0n) is 10.8. The quantitative estimate of drug-likeness (QED) is 0.565. The summed E-state index contributed by atoms with van der Waals surface area (Å²) in [5.74, 6) is 5.51. The largest absolute Gasteiger partial charge is 0.271 e. The molecule has 0 amide bonds. The molecule has 0 spiro atoms. The standard InChI is InChI=1S/C16H15FN2S/c17-13-6-4-11(5-7-13)10-15(19-18)14-3-1-2-12-8-9-20-16(12)14/h1-9,15,19H,10,18H2. The van der Waals surface area contributed by atoms with Crippen LogP contribution in [0.3, 0.4) is 0 Å². The van der Waals surface area contributed by atoms with Crippen molar-refractivity contribution in [2.45, 2.75) is 12.5 Å². The minimum atomic E-state index is -0.216. The molecule has 0 fully saturated rings. The van der Waals surface area contributed by atoms with Gasteiger partial charge in [-0.1, -0.05) is 30.3 Å². The minimum Gasteiger partial charge on any atom is -0.271 e. The van der Waals surface area contributed by atoms with E-state index < -0.39 is 0 Å². The van der Waals surface area contributed by atoms with E-state index in [2.05, 4.69) is 29.0 Å². The normalized spacial score (nSPS) is 12.7. The second-order valence-electron chi connectivity index (χ2n) is 4.74. The van der Waals surface area contributed by atoms with Crippen molar-refractivity contribution in [3.05, 3.63) is 70.9 Å². The summed E-state index contributed by atoms with van der Waals surface area (Å²) in [4.78, 5) is 0. The maximum absolute atomic E-state index is 13.0. The fraction of sp³-hybridized carbons (Fsp3) is 0.125. The number of benzene rings is 2. The molecule has 1 atom stereocenters. The van der Waals surface area contributed by atoms with E-state index in [1.807, 2.05) is 6.07 Å². The van der Waals surface area contributed by atoms with E-state index >= 15 is 0 Å². The number of nitrogens with one attached hydrogen (secondary N) is 1. The summed E-state index contributed by atoms with van der Waals surface area (Å²) in [7, 11) is 0. The van der Waals surface area contributed by atoms with Crippen LogP contribution in [0.25, 0.3) is 10.1 Å². The third-order valence-electron chi connectivity index (χ3n) is 3.44. The van der Waals surface area contributed by atoms with Gasteiger partial charge in [-0.05, 0) is 46.5 Å². The summed E-state index contributed by atoms with van der Waals surface area (Å²) in [6.45, 7) is 0. The zero-order valence-corrected chi connectivity index (χ0v) is 11.7. The molecule has 102 valence electrons. The number of halogens is 1. The predicted octanol–water partition coefficient (Wildman–Crippen LogP) is 3.79. The van der Waals surface area contributed by atoms with Gasteiger partial charge in [0.15, 0.2) is 0 Å². The number of thiophene rings is 1. The van der Waals surface area contributed by atoms with Crippen molar-refractivity contribution in [2.24, 2.45) is 5.84 Å². The third kappa shape index (κ3) is 2.58. The molecule has 4 heteroatoms. The summed E-state index contributed by atoms with van der Waals surface area (Å²) in [6.07, 6.45) is 0.730. The Morgan fingerprint density at radius 2 is 1.90 bits per heavy atom. The predicted molar refractivity (Wildman–Crippen MR) is 82.0 cm³/mol. The van der Waals surface area contributed by atoms with E-state index in [1.165, 1.54) is 27.8 Å². The summed E-state index contributed by atoms with van der Waals surface area (Å²) in [6, 6.07) is 14.9. The van der Waals surface area contributed by atoms with Crippen LogP contribution in [0.1, 0.15) is 17.2 Å². The van der Waals surface area contributed by atoms with Crippen LogP contribution in [0, 0.1) is 5.82 Å². The highest BCUT2D eigenvalue weighted by Crippen LogP contribution is 2.30. The number of rotatable bonds is 4. The van der Waals surface area contributed by atoms with Gasteiger partial charge in [-0.25, -0.2) is 4.39 Å². The Hall–Kier alpha value is -1.75. The summed E-state index contributed by atoms with van der Waals surface area (Å²) in [5, 5.41) is 3.31. The molecule has 0 aliphatic heterocycles. The maximum Gasteiger partial charge on any atom is 0.123 e. The third-order valence-corrected chi connectivity index (χ3v) is 4.42. The Balaban J connectivity index is 1.93. The van der Waals surface area contributed by atoms with Crippen LogP contribution in [0.4, 0.5) is 4.39 Å². The molecule has 0 bridgehead atoms. The molecule has 3 aromatic rings. The van der Waals surface area contributed by atoms with Gasteiger partial charge in [0.25, 0.3) is 0 Å². The molecule has 3 N–H and O–H groups in total. The molecule has 20 heavy (non-hydrogen) atoms. The van der Waals surface area contributed by atoms with Gasteiger partial charge in [-0.2, -0.15) is 0 Å². The van der Waals surface area contributed by atoms with Crippen LogP contribution in [0.2, 0.25) is 0 Å².